The summed E-state index contributed by atoms with van der Waals surface area (Å²) in [6.07, 6.45) is 4.99. The number of carbonyl (C=O) groups excluding carboxylic acids is 2. The zero-order valence-corrected chi connectivity index (χ0v) is 7.54. The third-order valence-electron chi connectivity index (χ3n) is 2.35. The minimum atomic E-state index is -0.724. The lowest BCUT2D eigenvalue weighted by molar-refractivity contribution is -0.127. The lowest BCUT2D eigenvalue weighted by Crippen LogP contribution is -2.30. The van der Waals surface area contributed by atoms with Crippen molar-refractivity contribution in [2.24, 2.45) is 11.3 Å². The van der Waals surface area contributed by atoms with E-state index in [1.165, 1.54) is 0 Å². The Hall–Kier alpha value is -0.920. The maximum Gasteiger partial charge on any atom is 0.133 e. The second kappa shape index (κ2) is 3.21. The maximum atomic E-state index is 10.7. The van der Waals surface area contributed by atoms with Gasteiger partial charge in [-0.15, -0.1) is 0 Å². The van der Waals surface area contributed by atoms with Crippen LogP contribution in [0.5, 0.6) is 0 Å². The minimum absolute atomic E-state index is 0.342. The standard InChI is InChI=1S/C10H14O2/c1-8-3-9(2)5-10(4-8,6-11)7-12/h3,6-8H,4-5H2,1-2H3. The van der Waals surface area contributed by atoms with Crippen molar-refractivity contribution in [2.45, 2.75) is 26.7 Å². The van der Waals surface area contributed by atoms with E-state index >= 15 is 0 Å². The molecule has 1 aliphatic rings. The van der Waals surface area contributed by atoms with E-state index in [0.29, 0.717) is 18.8 Å². The summed E-state index contributed by atoms with van der Waals surface area (Å²) in [5.74, 6) is 0.342. The molecule has 2 heteroatoms. The third kappa shape index (κ3) is 1.63. The summed E-state index contributed by atoms with van der Waals surface area (Å²) in [5.41, 5.74) is 0.422. The Kier molecular flexibility index (Phi) is 2.46. The molecule has 0 heterocycles. The normalized spacial score (nSPS) is 27.5. The van der Waals surface area contributed by atoms with Crippen LogP contribution < -0.4 is 0 Å². The lowest BCUT2D eigenvalue weighted by Gasteiger charge is -2.29. The van der Waals surface area contributed by atoms with E-state index in [-0.39, 0.29) is 0 Å². The number of aldehydes is 2. The van der Waals surface area contributed by atoms with Gasteiger partial charge in [-0.2, -0.15) is 0 Å². The molecule has 0 aromatic carbocycles. The molecule has 1 rings (SSSR count). The Balaban J connectivity index is 2.89. The van der Waals surface area contributed by atoms with Crippen LogP contribution in [-0.4, -0.2) is 12.6 Å². The van der Waals surface area contributed by atoms with Gasteiger partial charge in [-0.3, -0.25) is 0 Å². The summed E-state index contributed by atoms with van der Waals surface area (Å²) in [7, 11) is 0. The van der Waals surface area contributed by atoms with E-state index in [9.17, 15) is 9.59 Å². The Morgan fingerprint density at radius 2 is 2.08 bits per heavy atom. The predicted octanol–water partition coefficient (Wildman–Crippen LogP) is 1.75. The van der Waals surface area contributed by atoms with Crippen LogP contribution in [0.3, 0.4) is 0 Å². The first-order chi connectivity index (χ1) is 5.62. The molecule has 0 radical (unpaired) electrons. The average Bonchev–Trinajstić information content (AvgIpc) is 2.02. The maximum absolute atomic E-state index is 10.7. The van der Waals surface area contributed by atoms with Crippen molar-refractivity contribution >= 4 is 12.6 Å². The third-order valence-corrected chi connectivity index (χ3v) is 2.35. The molecule has 0 aliphatic heterocycles. The highest BCUT2D eigenvalue weighted by Gasteiger charge is 2.33. The summed E-state index contributed by atoms with van der Waals surface area (Å²) >= 11 is 0. The van der Waals surface area contributed by atoms with Gasteiger partial charge in [0.15, 0.2) is 0 Å². The fourth-order valence-electron chi connectivity index (χ4n) is 2.00. The first kappa shape index (κ1) is 9.17. The van der Waals surface area contributed by atoms with Crippen LogP contribution in [0, 0.1) is 11.3 Å². The molecule has 1 unspecified atom stereocenters. The van der Waals surface area contributed by atoms with E-state index in [4.69, 9.17) is 0 Å². The molecule has 0 N–H and O–H groups in total. The van der Waals surface area contributed by atoms with Gasteiger partial charge in [-0.1, -0.05) is 18.6 Å². The van der Waals surface area contributed by atoms with Gasteiger partial charge in [-0.05, 0) is 25.7 Å². The summed E-state index contributed by atoms with van der Waals surface area (Å²) in [5, 5.41) is 0. The summed E-state index contributed by atoms with van der Waals surface area (Å²) in [6, 6.07) is 0. The topological polar surface area (TPSA) is 34.1 Å². The van der Waals surface area contributed by atoms with Crippen LogP contribution in [0.15, 0.2) is 11.6 Å². The molecule has 0 spiro atoms. The molecule has 0 bridgehead atoms. The molecule has 2 nitrogen and oxygen atoms in total. The van der Waals surface area contributed by atoms with Crippen molar-refractivity contribution in [3.05, 3.63) is 11.6 Å². The van der Waals surface area contributed by atoms with Gasteiger partial charge in [-0.25, -0.2) is 0 Å². The quantitative estimate of drug-likeness (QED) is 0.356. The van der Waals surface area contributed by atoms with E-state index < -0.39 is 5.41 Å². The Morgan fingerprint density at radius 1 is 1.50 bits per heavy atom. The Bertz CT molecular complexity index is 220. The van der Waals surface area contributed by atoms with Crippen molar-refractivity contribution < 1.29 is 9.59 Å². The second-order valence-corrected chi connectivity index (χ2v) is 3.84. The van der Waals surface area contributed by atoms with Gasteiger partial charge in [0.25, 0.3) is 0 Å². The van der Waals surface area contributed by atoms with E-state index in [0.717, 1.165) is 18.1 Å². The molecule has 0 amide bonds. The largest absolute Gasteiger partial charge is 0.302 e. The zero-order valence-electron chi connectivity index (χ0n) is 7.54. The molecule has 66 valence electrons. The van der Waals surface area contributed by atoms with Gasteiger partial charge in [0, 0.05) is 0 Å². The Labute approximate surface area is 72.7 Å². The van der Waals surface area contributed by atoms with E-state index in [1.807, 2.05) is 13.8 Å². The molecule has 0 aromatic rings. The van der Waals surface area contributed by atoms with Crippen LogP contribution in [0.2, 0.25) is 0 Å². The van der Waals surface area contributed by atoms with Gasteiger partial charge in [0.2, 0.25) is 0 Å². The highest BCUT2D eigenvalue weighted by Crippen LogP contribution is 2.35. The van der Waals surface area contributed by atoms with Crippen LogP contribution >= 0.6 is 0 Å². The first-order valence-corrected chi connectivity index (χ1v) is 4.22. The smallest absolute Gasteiger partial charge is 0.133 e. The van der Waals surface area contributed by atoms with Crippen molar-refractivity contribution in [3.8, 4) is 0 Å². The van der Waals surface area contributed by atoms with Crippen LogP contribution in [0.4, 0.5) is 0 Å². The first-order valence-electron chi connectivity index (χ1n) is 4.22. The summed E-state index contributed by atoms with van der Waals surface area (Å²) in [6.45, 7) is 4.00. The molecule has 12 heavy (non-hydrogen) atoms. The van der Waals surface area contributed by atoms with Crippen LogP contribution in [0.25, 0.3) is 0 Å². The van der Waals surface area contributed by atoms with Gasteiger partial charge in [0.1, 0.15) is 12.6 Å². The molecule has 0 aromatic heterocycles. The molecular weight excluding hydrogens is 152 g/mol. The van der Waals surface area contributed by atoms with Crippen molar-refractivity contribution in [2.75, 3.05) is 0 Å². The van der Waals surface area contributed by atoms with Crippen molar-refractivity contribution in [1.82, 2.24) is 0 Å². The van der Waals surface area contributed by atoms with Crippen molar-refractivity contribution in [1.29, 1.82) is 0 Å². The lowest BCUT2D eigenvalue weighted by atomic mass is 9.73. The predicted molar refractivity (Wildman–Crippen MR) is 46.7 cm³/mol. The minimum Gasteiger partial charge on any atom is -0.302 e. The molecule has 1 atom stereocenters. The Morgan fingerprint density at radius 3 is 2.50 bits per heavy atom. The van der Waals surface area contributed by atoms with Gasteiger partial charge in [0.05, 0.1) is 5.41 Å². The number of hydrogen-bond acceptors (Lipinski definition) is 2. The molecule has 1 aliphatic carbocycles. The molecule has 0 fully saturated rings. The van der Waals surface area contributed by atoms with Gasteiger partial charge >= 0.3 is 0 Å². The fourth-order valence-corrected chi connectivity index (χ4v) is 2.00. The molecule has 0 saturated carbocycles. The highest BCUT2D eigenvalue weighted by atomic mass is 16.1. The number of carbonyl (C=O) groups is 2. The monoisotopic (exact) mass is 166 g/mol. The van der Waals surface area contributed by atoms with E-state index in [2.05, 4.69) is 6.08 Å². The number of allylic oxidation sites excluding steroid dienone is 2. The molecular formula is C10H14O2. The number of rotatable bonds is 2. The molecule has 0 saturated heterocycles. The second-order valence-electron chi connectivity index (χ2n) is 3.84. The zero-order chi connectivity index (χ0) is 9.19. The SMILES string of the molecule is CC1=CC(C)CC(C=O)(C=O)C1. The van der Waals surface area contributed by atoms with Crippen molar-refractivity contribution in [3.63, 3.8) is 0 Å². The van der Waals surface area contributed by atoms with Crippen LogP contribution in [0.1, 0.15) is 26.7 Å². The van der Waals surface area contributed by atoms with E-state index in [1.54, 1.807) is 0 Å². The highest BCUT2D eigenvalue weighted by molar-refractivity contribution is 5.84. The summed E-state index contributed by atoms with van der Waals surface area (Å²) < 4.78 is 0. The average molecular weight is 166 g/mol. The van der Waals surface area contributed by atoms with Gasteiger partial charge < -0.3 is 9.59 Å². The fraction of sp³-hybridized carbons (Fsp3) is 0.600. The number of hydrogen-bond donors (Lipinski definition) is 0. The van der Waals surface area contributed by atoms with Crippen LogP contribution in [-0.2, 0) is 9.59 Å². The summed E-state index contributed by atoms with van der Waals surface area (Å²) in [4.78, 5) is 21.5.